The van der Waals surface area contributed by atoms with Crippen molar-refractivity contribution in [3.63, 3.8) is 0 Å². The first kappa shape index (κ1) is 21.0. The number of aliphatic hydroxyl groups is 1. The smallest absolute Gasteiger partial charge is 0.229 e. The van der Waals surface area contributed by atoms with Crippen LogP contribution in [0.15, 0.2) is 53.6 Å². The van der Waals surface area contributed by atoms with Crippen LogP contribution in [0.3, 0.4) is 0 Å². The van der Waals surface area contributed by atoms with Gasteiger partial charge in [-0.2, -0.15) is 10.1 Å². The Morgan fingerprint density at radius 3 is 2.68 bits per heavy atom. The van der Waals surface area contributed by atoms with Gasteiger partial charge in [0, 0.05) is 19.2 Å². The first-order valence-corrected chi connectivity index (χ1v) is 10.3. The molecular formula is C23H27N5O3. The highest BCUT2D eigenvalue weighted by molar-refractivity contribution is 5.86. The van der Waals surface area contributed by atoms with E-state index in [4.69, 9.17) is 9.47 Å². The monoisotopic (exact) mass is 421 g/mol. The van der Waals surface area contributed by atoms with Gasteiger partial charge in [0.25, 0.3) is 0 Å². The Bertz CT molecular complexity index is 1060. The predicted octanol–water partition coefficient (Wildman–Crippen LogP) is 3.06. The fourth-order valence-corrected chi connectivity index (χ4v) is 3.16. The van der Waals surface area contributed by atoms with Crippen molar-refractivity contribution >= 4 is 28.6 Å². The number of nitrogens with one attached hydrogen (secondary N) is 1. The third kappa shape index (κ3) is 5.90. The summed E-state index contributed by atoms with van der Waals surface area (Å²) in [6.07, 6.45) is 1.64. The van der Waals surface area contributed by atoms with Crippen LogP contribution in [-0.4, -0.2) is 59.8 Å². The van der Waals surface area contributed by atoms with Gasteiger partial charge in [0.05, 0.1) is 36.4 Å². The number of hydrazone groups is 1. The molecule has 1 aromatic heterocycles. The quantitative estimate of drug-likeness (QED) is 0.447. The van der Waals surface area contributed by atoms with Gasteiger partial charge in [-0.15, -0.1) is 0 Å². The summed E-state index contributed by atoms with van der Waals surface area (Å²) in [4.78, 5) is 11.2. The Balaban J connectivity index is 1.53. The number of rotatable bonds is 7. The molecule has 0 radical (unpaired) electrons. The second-order valence-corrected chi connectivity index (χ2v) is 8.06. The van der Waals surface area contributed by atoms with Crippen molar-refractivity contribution in [3.05, 3.63) is 54.2 Å². The lowest BCUT2D eigenvalue weighted by Crippen LogP contribution is -2.37. The van der Waals surface area contributed by atoms with Crippen molar-refractivity contribution in [1.29, 1.82) is 0 Å². The molecule has 31 heavy (non-hydrogen) atoms. The highest BCUT2D eigenvalue weighted by atomic mass is 16.5. The first-order chi connectivity index (χ1) is 15.0. The van der Waals surface area contributed by atoms with Crippen molar-refractivity contribution in [2.24, 2.45) is 5.10 Å². The van der Waals surface area contributed by atoms with E-state index in [1.807, 2.05) is 24.3 Å². The molecule has 0 atom stereocenters. The summed E-state index contributed by atoms with van der Waals surface area (Å²) in [5, 5.41) is 16.6. The van der Waals surface area contributed by atoms with E-state index < -0.39 is 5.60 Å². The van der Waals surface area contributed by atoms with Crippen molar-refractivity contribution in [3.8, 4) is 5.88 Å². The zero-order valence-electron chi connectivity index (χ0n) is 17.8. The number of ether oxygens (including phenoxy) is 2. The Kier molecular flexibility index (Phi) is 6.29. The molecule has 1 aliphatic rings. The molecule has 0 bridgehead atoms. The minimum absolute atomic E-state index is 0.123. The Morgan fingerprint density at radius 1 is 1.13 bits per heavy atom. The van der Waals surface area contributed by atoms with Crippen LogP contribution in [0.5, 0.6) is 5.88 Å². The maximum atomic E-state index is 9.98. The minimum atomic E-state index is -0.962. The average Bonchev–Trinajstić information content (AvgIpc) is 2.78. The number of aromatic nitrogens is 2. The number of nitrogens with zero attached hydrogens (tertiary/aromatic N) is 4. The molecule has 0 amide bonds. The average molecular weight is 422 g/mol. The van der Waals surface area contributed by atoms with Crippen molar-refractivity contribution in [2.45, 2.75) is 19.4 Å². The van der Waals surface area contributed by atoms with Crippen molar-refractivity contribution < 1.29 is 14.6 Å². The van der Waals surface area contributed by atoms with Gasteiger partial charge < -0.3 is 19.5 Å². The van der Waals surface area contributed by atoms with Gasteiger partial charge in [-0.25, -0.2) is 4.98 Å². The standard InChI is InChI=1S/C23H27N5O3/c1-23(2,29)16-31-21-14-20(25-22(26-21)28-9-11-30-12-10-28)15-24-27-19-8-7-17-5-3-4-6-18(17)13-19/h3-8,13-15,27,29H,9-12,16H2,1-2H3/b24-15+. The van der Waals surface area contributed by atoms with E-state index in [-0.39, 0.29) is 6.61 Å². The summed E-state index contributed by atoms with van der Waals surface area (Å²) >= 11 is 0. The van der Waals surface area contributed by atoms with Gasteiger partial charge in [0.2, 0.25) is 11.8 Å². The van der Waals surface area contributed by atoms with E-state index in [2.05, 4.69) is 43.6 Å². The molecule has 8 nitrogen and oxygen atoms in total. The summed E-state index contributed by atoms with van der Waals surface area (Å²) in [5.74, 6) is 0.953. The fraction of sp³-hybridized carbons (Fsp3) is 0.348. The van der Waals surface area contributed by atoms with Crippen LogP contribution < -0.4 is 15.1 Å². The molecule has 4 rings (SSSR count). The molecule has 1 fully saturated rings. The largest absolute Gasteiger partial charge is 0.474 e. The topological polar surface area (TPSA) is 92.1 Å². The number of fused-ring (bicyclic) bond motifs is 1. The van der Waals surface area contributed by atoms with Crippen LogP contribution in [0.4, 0.5) is 11.6 Å². The van der Waals surface area contributed by atoms with E-state index in [1.54, 1.807) is 26.1 Å². The van der Waals surface area contributed by atoms with Gasteiger partial charge in [-0.05, 0) is 36.8 Å². The lowest BCUT2D eigenvalue weighted by atomic mass is 10.1. The minimum Gasteiger partial charge on any atom is -0.474 e. The van der Waals surface area contributed by atoms with Crippen LogP contribution in [0, 0.1) is 0 Å². The van der Waals surface area contributed by atoms with Crippen LogP contribution in [0.1, 0.15) is 19.5 Å². The van der Waals surface area contributed by atoms with E-state index >= 15 is 0 Å². The van der Waals surface area contributed by atoms with E-state index in [1.165, 1.54) is 5.39 Å². The number of hydrogen-bond donors (Lipinski definition) is 2. The second kappa shape index (κ2) is 9.28. The maximum Gasteiger partial charge on any atom is 0.229 e. The molecule has 0 saturated carbocycles. The third-order valence-corrected chi connectivity index (χ3v) is 4.72. The molecule has 2 heterocycles. The van der Waals surface area contributed by atoms with E-state index in [0.29, 0.717) is 43.8 Å². The van der Waals surface area contributed by atoms with Crippen LogP contribution in [0.25, 0.3) is 10.8 Å². The zero-order valence-corrected chi connectivity index (χ0v) is 17.8. The van der Waals surface area contributed by atoms with E-state index in [0.717, 1.165) is 11.1 Å². The molecule has 162 valence electrons. The fourth-order valence-electron chi connectivity index (χ4n) is 3.16. The molecule has 3 aromatic rings. The molecule has 2 aromatic carbocycles. The predicted molar refractivity (Wildman–Crippen MR) is 122 cm³/mol. The molecule has 0 unspecified atom stereocenters. The molecule has 0 spiro atoms. The molecular weight excluding hydrogens is 394 g/mol. The Labute approximate surface area is 181 Å². The van der Waals surface area contributed by atoms with Gasteiger partial charge in [0.1, 0.15) is 6.61 Å². The summed E-state index contributed by atoms with van der Waals surface area (Å²) in [6, 6.07) is 16.0. The molecule has 1 aliphatic heterocycles. The molecule has 2 N–H and O–H groups in total. The second-order valence-electron chi connectivity index (χ2n) is 8.06. The van der Waals surface area contributed by atoms with Crippen LogP contribution >= 0.6 is 0 Å². The first-order valence-electron chi connectivity index (χ1n) is 10.3. The van der Waals surface area contributed by atoms with Gasteiger partial charge in [0.15, 0.2) is 0 Å². The molecule has 8 heteroatoms. The number of anilines is 2. The highest BCUT2D eigenvalue weighted by Gasteiger charge is 2.18. The summed E-state index contributed by atoms with van der Waals surface area (Å²) < 4.78 is 11.1. The molecule has 0 aliphatic carbocycles. The Morgan fingerprint density at radius 2 is 1.90 bits per heavy atom. The molecule has 1 saturated heterocycles. The highest BCUT2D eigenvalue weighted by Crippen LogP contribution is 2.20. The normalized spacial score (nSPS) is 14.9. The van der Waals surface area contributed by atoms with E-state index in [9.17, 15) is 5.11 Å². The summed E-state index contributed by atoms with van der Waals surface area (Å²) in [7, 11) is 0. The lowest BCUT2D eigenvalue weighted by Gasteiger charge is -2.27. The van der Waals surface area contributed by atoms with Crippen LogP contribution in [-0.2, 0) is 4.74 Å². The zero-order chi connectivity index (χ0) is 21.7. The summed E-state index contributed by atoms with van der Waals surface area (Å²) in [6.45, 7) is 6.18. The number of hydrogen-bond acceptors (Lipinski definition) is 8. The SMILES string of the molecule is CC(C)(O)COc1cc(/C=N/Nc2ccc3ccccc3c2)nc(N2CCOCC2)n1. The van der Waals surface area contributed by atoms with Crippen LogP contribution in [0.2, 0.25) is 0 Å². The van der Waals surface area contributed by atoms with Gasteiger partial charge >= 0.3 is 0 Å². The van der Waals surface area contributed by atoms with Gasteiger partial charge in [-0.3, -0.25) is 5.43 Å². The lowest BCUT2D eigenvalue weighted by molar-refractivity contribution is 0.0268. The summed E-state index contributed by atoms with van der Waals surface area (Å²) in [5.41, 5.74) is 3.58. The van der Waals surface area contributed by atoms with Crippen molar-refractivity contribution in [2.75, 3.05) is 43.2 Å². The maximum absolute atomic E-state index is 9.98. The number of benzene rings is 2. The van der Waals surface area contributed by atoms with Gasteiger partial charge in [-0.1, -0.05) is 30.3 Å². The third-order valence-electron chi connectivity index (χ3n) is 4.72. The van der Waals surface area contributed by atoms with Crippen molar-refractivity contribution in [1.82, 2.24) is 9.97 Å². The number of morpholine rings is 1. The Hall–Kier alpha value is -3.23.